The van der Waals surface area contributed by atoms with Gasteiger partial charge in [0.15, 0.2) is 8.32 Å². The predicted molar refractivity (Wildman–Crippen MR) is 96.8 cm³/mol. The van der Waals surface area contributed by atoms with Crippen LogP contribution in [0.2, 0.25) is 18.1 Å². The summed E-state index contributed by atoms with van der Waals surface area (Å²) in [6, 6.07) is 0. The summed E-state index contributed by atoms with van der Waals surface area (Å²) < 4.78 is 13.5. The van der Waals surface area contributed by atoms with Crippen LogP contribution in [0.5, 0.6) is 0 Å². The SMILES string of the molecule is Cc1cn([C@H]2C[C@H](ON)[C@@H](CO[Si](C)(C)C(C)(C)C)O2)c(=O)[nH]c1=O. The first-order valence-corrected chi connectivity index (χ1v) is 11.3. The summed E-state index contributed by atoms with van der Waals surface area (Å²) in [5, 5.41) is 0.0804. The number of H-pyrrole nitrogens is 1. The van der Waals surface area contributed by atoms with Gasteiger partial charge < -0.3 is 9.16 Å². The van der Waals surface area contributed by atoms with Crippen LogP contribution in [0.4, 0.5) is 0 Å². The quantitative estimate of drug-likeness (QED) is 0.598. The maximum Gasteiger partial charge on any atom is 0.330 e. The van der Waals surface area contributed by atoms with Crippen LogP contribution in [0.3, 0.4) is 0 Å². The molecule has 0 aliphatic carbocycles. The first-order valence-electron chi connectivity index (χ1n) is 8.43. The highest BCUT2D eigenvalue weighted by Gasteiger charge is 2.42. The Morgan fingerprint density at radius 1 is 1.40 bits per heavy atom. The molecule has 0 spiro atoms. The van der Waals surface area contributed by atoms with Crippen LogP contribution < -0.4 is 17.1 Å². The van der Waals surface area contributed by atoms with Gasteiger partial charge in [0, 0.05) is 18.2 Å². The standard InChI is InChI=1S/C16H29N3O5Si/c1-10-8-19(15(21)18-14(10)20)13-7-11(24-17)12(23-13)9-22-25(5,6)16(2,3)4/h8,11-13H,7,9,17H2,1-6H3,(H,18,20,21)/t11-,12+,13+/m0/s1. The van der Waals surface area contributed by atoms with E-state index in [0.29, 0.717) is 18.6 Å². The van der Waals surface area contributed by atoms with E-state index in [4.69, 9.17) is 19.9 Å². The van der Waals surface area contributed by atoms with Gasteiger partial charge in [-0.2, -0.15) is 0 Å². The number of nitrogens with zero attached hydrogens (tertiary/aromatic N) is 1. The number of nitrogens with one attached hydrogen (secondary N) is 1. The van der Waals surface area contributed by atoms with Gasteiger partial charge in [0.05, 0.1) is 6.61 Å². The van der Waals surface area contributed by atoms with Crippen molar-refractivity contribution in [3.8, 4) is 0 Å². The summed E-state index contributed by atoms with van der Waals surface area (Å²) in [5.41, 5.74) is -0.472. The van der Waals surface area contributed by atoms with E-state index < -0.39 is 25.8 Å². The molecule has 1 aromatic heterocycles. The molecule has 1 fully saturated rings. The number of aromatic nitrogens is 2. The van der Waals surface area contributed by atoms with Gasteiger partial charge in [-0.1, -0.05) is 20.8 Å². The minimum absolute atomic E-state index is 0.0804. The first kappa shape index (κ1) is 20.1. The Bertz CT molecular complexity index is 722. The summed E-state index contributed by atoms with van der Waals surface area (Å²) in [4.78, 5) is 30.9. The molecule has 142 valence electrons. The Labute approximate surface area is 148 Å². The number of hydrogen-bond donors (Lipinski definition) is 2. The Kier molecular flexibility index (Phi) is 5.74. The van der Waals surface area contributed by atoms with Crippen LogP contribution in [0.25, 0.3) is 0 Å². The van der Waals surface area contributed by atoms with Crippen LogP contribution in [-0.2, 0) is 14.0 Å². The molecular weight excluding hydrogens is 342 g/mol. The zero-order chi connectivity index (χ0) is 19.0. The van der Waals surface area contributed by atoms with E-state index in [0.717, 1.165) is 0 Å². The second kappa shape index (κ2) is 7.16. The lowest BCUT2D eigenvalue weighted by molar-refractivity contribution is -0.0605. The van der Waals surface area contributed by atoms with E-state index in [1.54, 1.807) is 6.92 Å². The molecule has 0 radical (unpaired) electrons. The van der Waals surface area contributed by atoms with E-state index in [1.165, 1.54) is 10.8 Å². The number of aromatic amines is 1. The van der Waals surface area contributed by atoms with E-state index in [-0.39, 0.29) is 17.2 Å². The Morgan fingerprint density at radius 2 is 2.04 bits per heavy atom. The molecule has 0 amide bonds. The molecular formula is C16H29N3O5Si. The smallest absolute Gasteiger partial charge is 0.330 e. The van der Waals surface area contributed by atoms with Crippen molar-refractivity contribution in [3.63, 3.8) is 0 Å². The van der Waals surface area contributed by atoms with Crippen molar-refractivity contribution in [3.05, 3.63) is 32.6 Å². The average Bonchev–Trinajstić information content (AvgIpc) is 2.91. The van der Waals surface area contributed by atoms with Gasteiger partial charge in [-0.15, -0.1) is 0 Å². The predicted octanol–water partition coefficient (Wildman–Crippen LogP) is 1.41. The highest BCUT2D eigenvalue weighted by Crippen LogP contribution is 2.38. The maximum absolute atomic E-state index is 12.1. The van der Waals surface area contributed by atoms with Crippen LogP contribution in [0, 0.1) is 6.92 Å². The molecule has 0 aromatic carbocycles. The summed E-state index contributed by atoms with van der Waals surface area (Å²) in [6.45, 7) is 12.8. The molecule has 2 rings (SSSR count). The van der Waals surface area contributed by atoms with Crippen molar-refractivity contribution < 1.29 is 14.0 Å². The molecule has 1 aliphatic rings. The topological polar surface area (TPSA) is 109 Å². The number of rotatable bonds is 5. The number of aryl methyl sites for hydroxylation is 1. The van der Waals surface area contributed by atoms with E-state index in [9.17, 15) is 9.59 Å². The minimum Gasteiger partial charge on any atom is -0.414 e. The largest absolute Gasteiger partial charge is 0.414 e. The average molecular weight is 372 g/mol. The highest BCUT2D eigenvalue weighted by atomic mass is 28.4. The van der Waals surface area contributed by atoms with Gasteiger partial charge in [-0.05, 0) is 25.1 Å². The molecule has 1 aromatic rings. The summed E-state index contributed by atoms with van der Waals surface area (Å²) in [7, 11) is -1.94. The number of ether oxygens (including phenoxy) is 1. The molecule has 0 bridgehead atoms. The fourth-order valence-corrected chi connectivity index (χ4v) is 3.49. The van der Waals surface area contributed by atoms with Crippen molar-refractivity contribution in [2.45, 2.75) is 70.7 Å². The third-order valence-corrected chi connectivity index (χ3v) is 9.73. The summed E-state index contributed by atoms with van der Waals surface area (Å²) >= 11 is 0. The summed E-state index contributed by atoms with van der Waals surface area (Å²) in [6.07, 6.45) is 0.603. The van der Waals surface area contributed by atoms with Crippen LogP contribution >= 0.6 is 0 Å². The van der Waals surface area contributed by atoms with Gasteiger partial charge >= 0.3 is 5.69 Å². The zero-order valence-corrected chi connectivity index (χ0v) is 16.8. The van der Waals surface area contributed by atoms with Gasteiger partial charge in [-0.25, -0.2) is 10.7 Å². The lowest BCUT2D eigenvalue weighted by Gasteiger charge is -2.37. The van der Waals surface area contributed by atoms with Gasteiger partial charge in [-0.3, -0.25) is 19.2 Å². The van der Waals surface area contributed by atoms with Gasteiger partial charge in [0.2, 0.25) is 0 Å². The highest BCUT2D eigenvalue weighted by molar-refractivity contribution is 6.74. The monoisotopic (exact) mass is 371 g/mol. The minimum atomic E-state index is -1.94. The molecule has 25 heavy (non-hydrogen) atoms. The van der Waals surface area contributed by atoms with E-state index in [2.05, 4.69) is 38.8 Å². The van der Waals surface area contributed by atoms with Crippen molar-refractivity contribution in [2.75, 3.05) is 6.61 Å². The lowest BCUT2D eigenvalue weighted by atomic mass is 10.2. The van der Waals surface area contributed by atoms with Gasteiger partial charge in [0.25, 0.3) is 5.56 Å². The first-order chi connectivity index (χ1) is 11.5. The molecule has 0 unspecified atom stereocenters. The number of hydrogen-bond acceptors (Lipinski definition) is 6. The molecule has 8 nitrogen and oxygen atoms in total. The Morgan fingerprint density at radius 3 is 2.60 bits per heavy atom. The maximum atomic E-state index is 12.1. The molecule has 1 aliphatic heterocycles. The van der Waals surface area contributed by atoms with Crippen LogP contribution in [0.15, 0.2) is 15.8 Å². The van der Waals surface area contributed by atoms with Crippen molar-refractivity contribution in [1.82, 2.24) is 9.55 Å². The Balaban J connectivity index is 2.14. The fourth-order valence-electron chi connectivity index (χ4n) is 2.47. The lowest BCUT2D eigenvalue weighted by Crippen LogP contribution is -2.44. The Hall–Kier alpha value is -1.26. The van der Waals surface area contributed by atoms with Crippen LogP contribution in [0.1, 0.15) is 39.0 Å². The molecule has 1 saturated heterocycles. The summed E-state index contributed by atoms with van der Waals surface area (Å²) in [5.74, 6) is 5.41. The normalized spacial score (nSPS) is 24.7. The molecule has 3 N–H and O–H groups in total. The molecule has 0 saturated carbocycles. The molecule has 9 heteroatoms. The zero-order valence-electron chi connectivity index (χ0n) is 15.8. The van der Waals surface area contributed by atoms with E-state index in [1.807, 2.05) is 0 Å². The number of nitrogens with two attached hydrogens (primary N) is 1. The second-order valence-electron chi connectivity index (χ2n) is 8.09. The molecule has 2 heterocycles. The fraction of sp³-hybridized carbons (Fsp3) is 0.750. The third-order valence-electron chi connectivity index (χ3n) is 5.23. The van der Waals surface area contributed by atoms with E-state index >= 15 is 0 Å². The molecule has 3 atom stereocenters. The third kappa shape index (κ3) is 4.29. The van der Waals surface area contributed by atoms with Crippen molar-refractivity contribution in [1.29, 1.82) is 0 Å². The van der Waals surface area contributed by atoms with Crippen molar-refractivity contribution >= 4 is 8.32 Å². The second-order valence-corrected chi connectivity index (χ2v) is 12.9. The van der Waals surface area contributed by atoms with Crippen LogP contribution in [-0.4, -0.2) is 36.7 Å². The van der Waals surface area contributed by atoms with Gasteiger partial charge in [0.1, 0.15) is 18.4 Å². The van der Waals surface area contributed by atoms with Crippen molar-refractivity contribution in [2.24, 2.45) is 5.90 Å².